The number of benzene rings is 1. The average Bonchev–Trinajstić information content (AvgIpc) is 2.45. The summed E-state index contributed by atoms with van der Waals surface area (Å²) in [6.45, 7) is 3.47. The summed E-state index contributed by atoms with van der Waals surface area (Å²) in [5.74, 6) is 0. The number of nitro benzene ring substituents is 1. The molecule has 0 fully saturated rings. The Labute approximate surface area is 118 Å². The number of nitriles is 1. The Morgan fingerprint density at radius 2 is 2.30 bits per heavy atom. The first-order chi connectivity index (χ1) is 9.62. The lowest BCUT2D eigenvalue weighted by Gasteiger charge is -2.18. The zero-order chi connectivity index (χ0) is 15.0. The highest BCUT2D eigenvalue weighted by molar-refractivity contribution is 5.46. The van der Waals surface area contributed by atoms with Crippen LogP contribution in [0, 0.1) is 21.4 Å². The van der Waals surface area contributed by atoms with Crippen molar-refractivity contribution in [1.82, 2.24) is 5.32 Å². The molecule has 1 aromatic rings. The van der Waals surface area contributed by atoms with Crippen LogP contribution in [0.5, 0.6) is 0 Å². The molecule has 1 N–H and O–H groups in total. The first-order valence-electron chi connectivity index (χ1n) is 6.52. The number of nitrogens with one attached hydrogen (secondary N) is 1. The third-order valence-electron chi connectivity index (χ3n) is 2.94. The van der Waals surface area contributed by atoms with Gasteiger partial charge < -0.3 is 10.1 Å². The van der Waals surface area contributed by atoms with Gasteiger partial charge in [-0.3, -0.25) is 10.1 Å². The fraction of sp³-hybridized carbons (Fsp3) is 0.500. The van der Waals surface area contributed by atoms with E-state index in [-0.39, 0.29) is 11.7 Å². The van der Waals surface area contributed by atoms with Gasteiger partial charge in [-0.15, -0.1) is 0 Å². The Morgan fingerprint density at radius 1 is 1.55 bits per heavy atom. The van der Waals surface area contributed by atoms with E-state index >= 15 is 0 Å². The van der Waals surface area contributed by atoms with Crippen molar-refractivity contribution in [3.8, 4) is 6.07 Å². The molecule has 0 bridgehead atoms. The summed E-state index contributed by atoms with van der Waals surface area (Å²) in [6, 6.07) is 6.51. The van der Waals surface area contributed by atoms with Crippen LogP contribution in [0.1, 0.15) is 24.5 Å². The maximum Gasteiger partial charge on any atom is 0.270 e. The van der Waals surface area contributed by atoms with Gasteiger partial charge in [0.2, 0.25) is 0 Å². The molecule has 0 aliphatic rings. The Balaban J connectivity index is 2.89. The molecular formula is C14H19N3O3. The van der Waals surface area contributed by atoms with E-state index in [2.05, 4.69) is 12.2 Å². The van der Waals surface area contributed by atoms with Crippen LogP contribution in [0.2, 0.25) is 0 Å². The molecule has 0 aliphatic carbocycles. The number of rotatable bonds is 8. The summed E-state index contributed by atoms with van der Waals surface area (Å²) >= 11 is 0. The zero-order valence-corrected chi connectivity index (χ0v) is 11.8. The third kappa shape index (κ3) is 4.61. The molecule has 1 rings (SSSR count). The van der Waals surface area contributed by atoms with Crippen molar-refractivity contribution in [2.75, 3.05) is 20.3 Å². The Kier molecular flexibility index (Phi) is 6.64. The number of hydrogen-bond acceptors (Lipinski definition) is 5. The Hall–Kier alpha value is -1.97. The normalized spacial score (nSPS) is 11.8. The molecule has 0 aliphatic heterocycles. The van der Waals surface area contributed by atoms with Crippen molar-refractivity contribution in [1.29, 1.82) is 5.26 Å². The van der Waals surface area contributed by atoms with E-state index in [1.54, 1.807) is 13.2 Å². The van der Waals surface area contributed by atoms with E-state index in [0.717, 1.165) is 18.5 Å². The van der Waals surface area contributed by atoms with Gasteiger partial charge in [-0.1, -0.05) is 13.0 Å². The monoisotopic (exact) mass is 277 g/mol. The van der Waals surface area contributed by atoms with E-state index in [4.69, 9.17) is 10.00 Å². The Morgan fingerprint density at radius 3 is 2.85 bits per heavy atom. The first kappa shape index (κ1) is 16.1. The number of methoxy groups -OCH3 is 1. The van der Waals surface area contributed by atoms with E-state index in [0.29, 0.717) is 18.6 Å². The predicted octanol–water partition coefficient (Wildman–Crippen LogP) is 2.02. The topological polar surface area (TPSA) is 88.2 Å². The first-order valence-corrected chi connectivity index (χ1v) is 6.52. The highest BCUT2D eigenvalue weighted by Crippen LogP contribution is 2.18. The van der Waals surface area contributed by atoms with Gasteiger partial charge >= 0.3 is 0 Å². The molecule has 0 spiro atoms. The van der Waals surface area contributed by atoms with Crippen molar-refractivity contribution in [2.45, 2.75) is 25.8 Å². The second-order valence-corrected chi connectivity index (χ2v) is 4.52. The molecule has 1 atom stereocenters. The fourth-order valence-electron chi connectivity index (χ4n) is 1.97. The minimum absolute atomic E-state index is 0.0601. The quantitative estimate of drug-likeness (QED) is 0.580. The van der Waals surface area contributed by atoms with E-state index in [1.165, 1.54) is 12.1 Å². The molecule has 1 aromatic carbocycles. The maximum atomic E-state index is 10.7. The van der Waals surface area contributed by atoms with Crippen molar-refractivity contribution in [3.05, 3.63) is 39.4 Å². The van der Waals surface area contributed by atoms with Crippen LogP contribution in [0.3, 0.4) is 0 Å². The SMILES string of the molecule is CCCNC(COC)Cc1ccc([N+](=O)[O-])cc1C#N. The predicted molar refractivity (Wildman–Crippen MR) is 75.5 cm³/mol. The minimum Gasteiger partial charge on any atom is -0.383 e. The number of nitrogens with zero attached hydrogens (tertiary/aromatic N) is 2. The molecule has 0 amide bonds. The van der Waals surface area contributed by atoms with Gasteiger partial charge in [-0.25, -0.2) is 0 Å². The second kappa shape index (κ2) is 8.25. The van der Waals surface area contributed by atoms with Gasteiger partial charge in [0.15, 0.2) is 0 Å². The largest absolute Gasteiger partial charge is 0.383 e. The molecule has 6 heteroatoms. The van der Waals surface area contributed by atoms with Gasteiger partial charge in [0.1, 0.15) is 0 Å². The average molecular weight is 277 g/mol. The van der Waals surface area contributed by atoms with Crippen LogP contribution < -0.4 is 5.32 Å². The van der Waals surface area contributed by atoms with Crippen LogP contribution in [0.15, 0.2) is 18.2 Å². The molecule has 20 heavy (non-hydrogen) atoms. The summed E-state index contributed by atoms with van der Waals surface area (Å²) in [5.41, 5.74) is 1.08. The highest BCUT2D eigenvalue weighted by Gasteiger charge is 2.15. The molecule has 6 nitrogen and oxygen atoms in total. The molecule has 108 valence electrons. The standard InChI is InChI=1S/C14H19N3O3/c1-3-6-16-13(10-20-2)7-11-4-5-14(17(18)19)8-12(11)9-15/h4-5,8,13,16H,3,6-7,10H2,1-2H3. The number of ether oxygens (including phenoxy) is 1. The highest BCUT2D eigenvalue weighted by atomic mass is 16.6. The summed E-state index contributed by atoms with van der Waals surface area (Å²) in [6.07, 6.45) is 1.61. The fourth-order valence-corrected chi connectivity index (χ4v) is 1.97. The summed E-state index contributed by atoms with van der Waals surface area (Å²) in [5, 5.41) is 23.2. The summed E-state index contributed by atoms with van der Waals surface area (Å²) in [7, 11) is 1.63. The third-order valence-corrected chi connectivity index (χ3v) is 2.94. The number of hydrogen-bond donors (Lipinski definition) is 1. The summed E-state index contributed by atoms with van der Waals surface area (Å²) in [4.78, 5) is 10.2. The molecule has 1 unspecified atom stereocenters. The number of non-ortho nitro benzene ring substituents is 1. The summed E-state index contributed by atoms with van der Waals surface area (Å²) < 4.78 is 5.16. The molecule has 0 saturated carbocycles. The maximum absolute atomic E-state index is 10.7. The van der Waals surface area contributed by atoms with Crippen molar-refractivity contribution in [3.63, 3.8) is 0 Å². The molecule has 0 radical (unpaired) electrons. The van der Waals surface area contributed by atoms with Gasteiger partial charge in [-0.05, 0) is 24.9 Å². The van der Waals surface area contributed by atoms with E-state index in [9.17, 15) is 10.1 Å². The lowest BCUT2D eigenvalue weighted by atomic mass is 10.0. The van der Waals surface area contributed by atoms with Crippen molar-refractivity contribution >= 4 is 5.69 Å². The molecule has 0 heterocycles. The molecular weight excluding hydrogens is 258 g/mol. The van der Waals surface area contributed by atoms with E-state index < -0.39 is 4.92 Å². The number of nitro groups is 1. The zero-order valence-electron chi connectivity index (χ0n) is 11.8. The molecule has 0 aromatic heterocycles. The van der Waals surface area contributed by atoms with Gasteiger partial charge in [0.05, 0.1) is 23.2 Å². The van der Waals surface area contributed by atoms with Crippen LogP contribution in [-0.2, 0) is 11.2 Å². The lowest BCUT2D eigenvalue weighted by molar-refractivity contribution is -0.384. The van der Waals surface area contributed by atoms with Crippen LogP contribution in [0.4, 0.5) is 5.69 Å². The lowest BCUT2D eigenvalue weighted by Crippen LogP contribution is -2.35. The molecule has 0 saturated heterocycles. The van der Waals surface area contributed by atoms with Gasteiger partial charge in [0.25, 0.3) is 5.69 Å². The van der Waals surface area contributed by atoms with Gasteiger partial charge in [0, 0.05) is 25.3 Å². The van der Waals surface area contributed by atoms with Gasteiger partial charge in [-0.2, -0.15) is 5.26 Å². The van der Waals surface area contributed by atoms with Crippen molar-refractivity contribution in [2.24, 2.45) is 0 Å². The Bertz CT molecular complexity index is 497. The van der Waals surface area contributed by atoms with Crippen molar-refractivity contribution < 1.29 is 9.66 Å². The van der Waals surface area contributed by atoms with Crippen LogP contribution in [-0.4, -0.2) is 31.2 Å². The minimum atomic E-state index is -0.493. The van der Waals surface area contributed by atoms with Crippen LogP contribution >= 0.6 is 0 Å². The van der Waals surface area contributed by atoms with Crippen LogP contribution in [0.25, 0.3) is 0 Å². The smallest absolute Gasteiger partial charge is 0.270 e. The van der Waals surface area contributed by atoms with E-state index in [1.807, 2.05) is 6.07 Å². The second-order valence-electron chi connectivity index (χ2n) is 4.52.